The Morgan fingerprint density at radius 3 is 2.32 bits per heavy atom. The van der Waals surface area contributed by atoms with E-state index < -0.39 is 0 Å². The third-order valence-corrected chi connectivity index (χ3v) is 3.99. The van der Waals surface area contributed by atoms with Gasteiger partial charge < -0.3 is 9.47 Å². The number of hydrogen-bond acceptors (Lipinski definition) is 4. The van der Waals surface area contributed by atoms with E-state index in [1.807, 2.05) is 91.3 Å². The van der Waals surface area contributed by atoms with Crippen LogP contribution in [0.1, 0.15) is 11.4 Å². The number of nitrogens with zero attached hydrogens (tertiary/aromatic N) is 5. The van der Waals surface area contributed by atoms with Crippen LogP contribution < -0.4 is 4.90 Å². The Kier molecular flexibility index (Phi) is 4.62. The van der Waals surface area contributed by atoms with Crippen LogP contribution in [0.15, 0.2) is 54.6 Å². The molecule has 3 rings (SSSR count). The summed E-state index contributed by atoms with van der Waals surface area (Å²) in [5, 5.41) is 18.0. The van der Waals surface area contributed by atoms with Crippen molar-refractivity contribution < 1.29 is 0 Å². The van der Waals surface area contributed by atoms with Gasteiger partial charge in [-0.2, -0.15) is 5.26 Å². The molecule has 0 aliphatic heterocycles. The van der Waals surface area contributed by atoms with Gasteiger partial charge in [0.2, 0.25) is 0 Å². The zero-order valence-electron chi connectivity index (χ0n) is 14.5. The van der Waals surface area contributed by atoms with Crippen molar-refractivity contribution in [2.45, 2.75) is 0 Å². The highest BCUT2D eigenvalue weighted by Gasteiger charge is 2.14. The first-order valence-corrected chi connectivity index (χ1v) is 7.94. The largest absolute Gasteiger partial charge is 0.378 e. The van der Waals surface area contributed by atoms with Crippen molar-refractivity contribution in [3.63, 3.8) is 0 Å². The fourth-order valence-electron chi connectivity index (χ4n) is 2.58. The van der Waals surface area contributed by atoms with Crippen LogP contribution in [-0.4, -0.2) is 28.9 Å². The summed E-state index contributed by atoms with van der Waals surface area (Å²) < 4.78 is 1.85. The molecule has 0 N–H and O–H groups in total. The summed E-state index contributed by atoms with van der Waals surface area (Å²) in [4.78, 5) is 2.04. The Balaban J connectivity index is 1.97. The van der Waals surface area contributed by atoms with E-state index in [0.29, 0.717) is 11.4 Å². The highest BCUT2D eigenvalue weighted by atomic mass is 15.3. The number of rotatable bonds is 4. The van der Waals surface area contributed by atoms with E-state index in [9.17, 15) is 5.26 Å². The fraction of sp³-hybridized carbons (Fsp3) is 0.150. The Bertz CT molecular complexity index is 928. The SMILES string of the molecule is CN(C)c1ccc(/C=C(/C#N)c2nnc(-c3ccccc3)n2C)cc1. The molecule has 0 aliphatic carbocycles. The quantitative estimate of drug-likeness (QED) is 0.686. The first-order chi connectivity index (χ1) is 12.1. The molecular formula is C20H19N5. The van der Waals surface area contributed by atoms with Crippen molar-refractivity contribution in [1.29, 1.82) is 5.26 Å². The van der Waals surface area contributed by atoms with Gasteiger partial charge in [0.15, 0.2) is 11.6 Å². The number of aromatic nitrogens is 3. The normalized spacial score (nSPS) is 11.2. The number of benzene rings is 2. The van der Waals surface area contributed by atoms with Crippen LogP contribution in [0.3, 0.4) is 0 Å². The van der Waals surface area contributed by atoms with Gasteiger partial charge in [-0.25, -0.2) is 0 Å². The summed E-state index contributed by atoms with van der Waals surface area (Å²) in [5.41, 5.74) is 3.51. The minimum absolute atomic E-state index is 0.481. The highest BCUT2D eigenvalue weighted by molar-refractivity contribution is 5.87. The zero-order valence-corrected chi connectivity index (χ0v) is 14.5. The molecule has 0 spiro atoms. The lowest BCUT2D eigenvalue weighted by molar-refractivity contribution is 0.901. The molecule has 0 bridgehead atoms. The Morgan fingerprint density at radius 2 is 1.72 bits per heavy atom. The Hall–Kier alpha value is -3.39. The van der Waals surface area contributed by atoms with E-state index in [2.05, 4.69) is 16.3 Å². The average molecular weight is 329 g/mol. The summed E-state index contributed by atoms with van der Waals surface area (Å²) in [6, 6.07) is 20.1. The molecule has 0 saturated heterocycles. The van der Waals surface area contributed by atoms with Gasteiger partial charge in [-0.15, -0.1) is 10.2 Å². The average Bonchev–Trinajstić information content (AvgIpc) is 3.02. The van der Waals surface area contributed by atoms with Gasteiger partial charge in [0, 0.05) is 32.4 Å². The number of allylic oxidation sites excluding steroid dienone is 1. The van der Waals surface area contributed by atoms with Crippen LogP contribution >= 0.6 is 0 Å². The van der Waals surface area contributed by atoms with E-state index in [1.165, 1.54) is 0 Å². The van der Waals surface area contributed by atoms with E-state index in [4.69, 9.17) is 0 Å². The minimum Gasteiger partial charge on any atom is -0.378 e. The lowest BCUT2D eigenvalue weighted by Crippen LogP contribution is -2.07. The topological polar surface area (TPSA) is 57.7 Å². The summed E-state index contributed by atoms with van der Waals surface area (Å²) >= 11 is 0. The summed E-state index contributed by atoms with van der Waals surface area (Å²) in [6.45, 7) is 0. The molecule has 5 heteroatoms. The molecule has 1 aromatic heterocycles. The van der Waals surface area contributed by atoms with Gasteiger partial charge >= 0.3 is 0 Å². The first-order valence-electron chi connectivity index (χ1n) is 7.94. The van der Waals surface area contributed by atoms with Crippen LogP contribution in [-0.2, 0) is 7.05 Å². The monoisotopic (exact) mass is 329 g/mol. The molecule has 5 nitrogen and oxygen atoms in total. The van der Waals surface area contributed by atoms with E-state index in [-0.39, 0.29) is 0 Å². The molecule has 0 unspecified atom stereocenters. The molecule has 0 fully saturated rings. The van der Waals surface area contributed by atoms with Crippen molar-refractivity contribution in [2.24, 2.45) is 7.05 Å². The molecule has 0 radical (unpaired) electrons. The molecule has 25 heavy (non-hydrogen) atoms. The molecule has 1 heterocycles. The van der Waals surface area contributed by atoms with Gasteiger partial charge in [-0.1, -0.05) is 42.5 Å². The van der Waals surface area contributed by atoms with Gasteiger partial charge in [-0.05, 0) is 23.8 Å². The van der Waals surface area contributed by atoms with Crippen molar-refractivity contribution in [1.82, 2.24) is 14.8 Å². The van der Waals surface area contributed by atoms with Crippen LogP contribution in [0.5, 0.6) is 0 Å². The van der Waals surface area contributed by atoms with Gasteiger partial charge in [0.1, 0.15) is 6.07 Å². The zero-order chi connectivity index (χ0) is 17.8. The molecule has 3 aromatic rings. The molecule has 0 amide bonds. The standard InChI is InChI=1S/C20H19N5/c1-24(2)18-11-9-15(10-12-18)13-17(14-21)20-23-22-19(25(20)3)16-7-5-4-6-8-16/h4-13H,1-3H3/b17-13-. The lowest BCUT2D eigenvalue weighted by Gasteiger charge is -2.11. The predicted octanol–water partition coefficient (Wildman–Crippen LogP) is 3.61. The second-order valence-electron chi connectivity index (χ2n) is 5.93. The van der Waals surface area contributed by atoms with Crippen molar-refractivity contribution in [3.05, 3.63) is 66.0 Å². The second kappa shape index (κ2) is 7.02. The predicted molar refractivity (Wildman–Crippen MR) is 101 cm³/mol. The maximum atomic E-state index is 9.58. The molecule has 2 aromatic carbocycles. The third kappa shape index (κ3) is 3.43. The maximum absolute atomic E-state index is 9.58. The van der Waals surface area contributed by atoms with Crippen molar-refractivity contribution >= 4 is 17.3 Å². The number of nitriles is 1. The summed E-state index contributed by atoms with van der Waals surface area (Å²) in [6.07, 6.45) is 1.83. The molecular weight excluding hydrogens is 310 g/mol. The molecule has 0 aliphatic rings. The summed E-state index contributed by atoms with van der Waals surface area (Å²) in [7, 11) is 5.87. The lowest BCUT2D eigenvalue weighted by atomic mass is 10.1. The van der Waals surface area contributed by atoms with Gasteiger partial charge in [0.05, 0.1) is 5.57 Å². The second-order valence-corrected chi connectivity index (χ2v) is 5.93. The number of anilines is 1. The molecule has 124 valence electrons. The van der Waals surface area contributed by atoms with Crippen LogP contribution in [0.25, 0.3) is 23.0 Å². The third-order valence-electron chi connectivity index (χ3n) is 3.99. The number of hydrogen-bond donors (Lipinski definition) is 0. The minimum atomic E-state index is 0.481. The van der Waals surface area contributed by atoms with Gasteiger partial charge in [0.25, 0.3) is 0 Å². The van der Waals surface area contributed by atoms with Crippen molar-refractivity contribution in [3.8, 4) is 17.5 Å². The van der Waals surface area contributed by atoms with Crippen LogP contribution in [0.4, 0.5) is 5.69 Å². The Labute approximate surface area is 147 Å². The molecule has 0 atom stereocenters. The van der Waals surface area contributed by atoms with Crippen LogP contribution in [0.2, 0.25) is 0 Å². The van der Waals surface area contributed by atoms with E-state index in [1.54, 1.807) is 0 Å². The van der Waals surface area contributed by atoms with Gasteiger partial charge in [-0.3, -0.25) is 0 Å². The fourth-order valence-corrected chi connectivity index (χ4v) is 2.58. The first kappa shape index (κ1) is 16.5. The van der Waals surface area contributed by atoms with Crippen LogP contribution in [0, 0.1) is 11.3 Å². The van der Waals surface area contributed by atoms with Crippen molar-refractivity contribution in [2.75, 3.05) is 19.0 Å². The highest BCUT2D eigenvalue weighted by Crippen LogP contribution is 2.22. The molecule has 0 saturated carbocycles. The Morgan fingerprint density at radius 1 is 1.04 bits per heavy atom. The maximum Gasteiger partial charge on any atom is 0.174 e. The van der Waals surface area contributed by atoms with E-state index >= 15 is 0 Å². The smallest absolute Gasteiger partial charge is 0.174 e. The van der Waals surface area contributed by atoms with E-state index in [0.717, 1.165) is 22.6 Å². The summed E-state index contributed by atoms with van der Waals surface area (Å²) in [5.74, 6) is 1.29.